The van der Waals surface area contributed by atoms with Gasteiger partial charge >= 0.3 is 5.69 Å². The van der Waals surface area contributed by atoms with Gasteiger partial charge in [0.15, 0.2) is 0 Å². The second-order valence-corrected chi connectivity index (χ2v) is 6.99. The van der Waals surface area contributed by atoms with Crippen molar-refractivity contribution < 1.29 is 9.90 Å². The molecule has 7 heteroatoms. The van der Waals surface area contributed by atoms with Gasteiger partial charge in [-0.1, -0.05) is 36.4 Å². The number of aromatic nitrogens is 2. The van der Waals surface area contributed by atoms with E-state index in [0.717, 1.165) is 11.1 Å². The highest BCUT2D eigenvalue weighted by molar-refractivity contribution is 7.98. The fourth-order valence-corrected chi connectivity index (χ4v) is 3.16. The zero-order chi connectivity index (χ0) is 19.2. The lowest BCUT2D eigenvalue weighted by Crippen LogP contribution is -2.27. The Kier molecular flexibility index (Phi) is 6.03. The van der Waals surface area contributed by atoms with Crippen molar-refractivity contribution in [3.8, 4) is 17.0 Å². The molecule has 27 heavy (non-hydrogen) atoms. The molecule has 0 aliphatic heterocycles. The molecular formula is C20H21N3O3S. The molecule has 6 nitrogen and oxygen atoms in total. The van der Waals surface area contributed by atoms with Crippen LogP contribution in [0.25, 0.3) is 11.1 Å². The first kappa shape index (κ1) is 18.8. The molecule has 0 bridgehead atoms. The smallest absolute Gasteiger partial charge is 0.325 e. The van der Waals surface area contributed by atoms with Crippen LogP contribution in [0.4, 0.5) is 0 Å². The predicted molar refractivity (Wildman–Crippen MR) is 107 cm³/mol. The molecule has 0 spiro atoms. The Balaban J connectivity index is 1.50. The highest BCUT2D eigenvalue weighted by Gasteiger charge is 2.10. The third kappa shape index (κ3) is 5.04. The van der Waals surface area contributed by atoms with E-state index in [1.807, 2.05) is 0 Å². The number of imidazole rings is 1. The van der Waals surface area contributed by atoms with Crippen molar-refractivity contribution in [1.82, 2.24) is 15.3 Å². The van der Waals surface area contributed by atoms with Crippen LogP contribution < -0.4 is 11.0 Å². The summed E-state index contributed by atoms with van der Waals surface area (Å²) in [5.41, 5.74) is 3.11. The minimum absolute atomic E-state index is 0.0739. The van der Waals surface area contributed by atoms with Gasteiger partial charge in [0.2, 0.25) is 11.8 Å². The number of nitrogens with one attached hydrogen (secondary N) is 3. The molecule has 0 aliphatic carbocycles. The van der Waals surface area contributed by atoms with Gasteiger partial charge in [-0.05, 0) is 41.5 Å². The molecule has 0 saturated heterocycles. The van der Waals surface area contributed by atoms with Crippen LogP contribution in [0, 0.1) is 0 Å². The molecule has 3 rings (SSSR count). The molecule has 3 aromatic rings. The highest BCUT2D eigenvalue weighted by atomic mass is 32.2. The summed E-state index contributed by atoms with van der Waals surface area (Å²) in [4.78, 5) is 28.8. The quantitative estimate of drug-likeness (QED) is 0.472. The number of hydrogen-bond acceptors (Lipinski definition) is 4. The number of aromatic hydroxyl groups is 1. The molecule has 1 aromatic heterocycles. The van der Waals surface area contributed by atoms with E-state index in [4.69, 9.17) is 0 Å². The lowest BCUT2D eigenvalue weighted by atomic mass is 10.0. The van der Waals surface area contributed by atoms with E-state index in [-0.39, 0.29) is 23.9 Å². The molecule has 0 fully saturated rings. The van der Waals surface area contributed by atoms with Crippen LogP contribution in [-0.2, 0) is 17.6 Å². The van der Waals surface area contributed by atoms with Gasteiger partial charge in [-0.3, -0.25) is 9.78 Å². The second-order valence-electron chi connectivity index (χ2n) is 6.11. The lowest BCUT2D eigenvalue weighted by Gasteiger charge is -2.07. The summed E-state index contributed by atoms with van der Waals surface area (Å²) in [7, 11) is 0. The Morgan fingerprint density at radius 3 is 2.22 bits per heavy atom. The lowest BCUT2D eigenvalue weighted by molar-refractivity contribution is -0.120. The first-order valence-corrected chi connectivity index (χ1v) is 9.78. The number of thioether (sulfide) groups is 1. The normalized spacial score (nSPS) is 10.7. The van der Waals surface area contributed by atoms with Gasteiger partial charge in [0.05, 0.1) is 12.1 Å². The number of rotatable bonds is 7. The number of H-pyrrole nitrogens is 2. The van der Waals surface area contributed by atoms with Crippen molar-refractivity contribution >= 4 is 17.7 Å². The van der Waals surface area contributed by atoms with Crippen LogP contribution in [0.2, 0.25) is 0 Å². The first-order chi connectivity index (χ1) is 13.0. The zero-order valence-electron chi connectivity index (χ0n) is 14.9. The van der Waals surface area contributed by atoms with Gasteiger partial charge < -0.3 is 15.4 Å². The molecule has 140 valence electrons. The van der Waals surface area contributed by atoms with E-state index in [1.54, 1.807) is 11.8 Å². The molecule has 2 aromatic carbocycles. The average Bonchev–Trinajstić information content (AvgIpc) is 2.99. The fraction of sp³-hybridized carbons (Fsp3) is 0.200. The molecule has 0 radical (unpaired) electrons. The number of aromatic amines is 2. The Morgan fingerprint density at radius 1 is 1.04 bits per heavy atom. The third-order valence-electron chi connectivity index (χ3n) is 4.23. The van der Waals surface area contributed by atoms with Crippen LogP contribution in [-0.4, -0.2) is 33.8 Å². The maximum atomic E-state index is 11.9. The van der Waals surface area contributed by atoms with Gasteiger partial charge in [-0.2, -0.15) is 0 Å². The van der Waals surface area contributed by atoms with Crippen LogP contribution in [0.3, 0.4) is 0 Å². The van der Waals surface area contributed by atoms with E-state index in [1.165, 1.54) is 10.5 Å². The number of amides is 1. The van der Waals surface area contributed by atoms with Crippen LogP contribution in [0.5, 0.6) is 5.88 Å². The molecule has 4 N–H and O–H groups in total. The molecule has 0 saturated carbocycles. The van der Waals surface area contributed by atoms with E-state index in [2.05, 4.69) is 70.1 Å². The Hall–Kier alpha value is -2.93. The zero-order valence-corrected chi connectivity index (χ0v) is 15.7. The van der Waals surface area contributed by atoms with E-state index < -0.39 is 5.69 Å². The molecule has 1 heterocycles. The standard InChI is InChI=1S/C20H21N3O3S/c1-27-16-8-6-15(7-9-16)14-4-2-13(3-5-14)10-11-21-18(24)12-17-19(25)23-20(26)22-17/h2-9,25H,10-12H2,1H3,(H,21,24)(H2,22,23,26). The molecule has 1 amide bonds. The summed E-state index contributed by atoms with van der Waals surface area (Å²) in [6.07, 6.45) is 2.69. The maximum absolute atomic E-state index is 11.9. The molecular weight excluding hydrogens is 362 g/mol. The first-order valence-electron chi connectivity index (χ1n) is 8.55. The van der Waals surface area contributed by atoms with Crippen molar-refractivity contribution in [2.24, 2.45) is 0 Å². The highest BCUT2D eigenvalue weighted by Crippen LogP contribution is 2.23. The topological polar surface area (TPSA) is 98.0 Å². The van der Waals surface area contributed by atoms with Gasteiger partial charge in [-0.15, -0.1) is 11.8 Å². The van der Waals surface area contributed by atoms with Crippen molar-refractivity contribution in [1.29, 1.82) is 0 Å². The van der Waals surface area contributed by atoms with E-state index in [9.17, 15) is 14.7 Å². The van der Waals surface area contributed by atoms with Gasteiger partial charge in [0, 0.05) is 11.4 Å². The number of hydrogen-bond donors (Lipinski definition) is 4. The van der Waals surface area contributed by atoms with Crippen LogP contribution in [0.1, 0.15) is 11.3 Å². The van der Waals surface area contributed by atoms with Crippen LogP contribution >= 0.6 is 11.8 Å². The van der Waals surface area contributed by atoms with Gasteiger partial charge in [0.25, 0.3) is 0 Å². The largest absolute Gasteiger partial charge is 0.493 e. The monoisotopic (exact) mass is 383 g/mol. The minimum Gasteiger partial charge on any atom is -0.493 e. The van der Waals surface area contributed by atoms with Gasteiger partial charge in [-0.25, -0.2) is 4.79 Å². The average molecular weight is 383 g/mol. The summed E-state index contributed by atoms with van der Waals surface area (Å²) in [5, 5.41) is 12.3. The Morgan fingerprint density at radius 2 is 1.67 bits per heavy atom. The van der Waals surface area contributed by atoms with Crippen molar-refractivity contribution in [2.45, 2.75) is 17.7 Å². The second kappa shape index (κ2) is 8.64. The van der Waals surface area contributed by atoms with E-state index in [0.29, 0.717) is 13.0 Å². The summed E-state index contributed by atoms with van der Waals surface area (Å²) >= 11 is 1.72. The molecule has 0 unspecified atom stereocenters. The van der Waals surface area contributed by atoms with Crippen LogP contribution in [0.15, 0.2) is 58.2 Å². The van der Waals surface area contributed by atoms with Crippen molar-refractivity contribution in [2.75, 3.05) is 12.8 Å². The molecule has 0 aliphatic rings. The Labute approximate surface area is 161 Å². The SMILES string of the molecule is CSc1ccc(-c2ccc(CCNC(=O)Cc3[nH]c(=O)[nH]c3O)cc2)cc1. The number of benzene rings is 2. The third-order valence-corrected chi connectivity index (χ3v) is 4.98. The summed E-state index contributed by atoms with van der Waals surface area (Å²) in [6, 6.07) is 16.7. The van der Waals surface area contributed by atoms with Gasteiger partial charge in [0.1, 0.15) is 0 Å². The molecule has 0 atom stereocenters. The van der Waals surface area contributed by atoms with Crippen molar-refractivity contribution in [3.63, 3.8) is 0 Å². The predicted octanol–water partition coefficient (Wildman–Crippen LogP) is 2.70. The van der Waals surface area contributed by atoms with E-state index >= 15 is 0 Å². The summed E-state index contributed by atoms with van der Waals surface area (Å²) in [6.45, 7) is 0.482. The minimum atomic E-state index is -0.529. The fourth-order valence-electron chi connectivity index (χ4n) is 2.76. The van der Waals surface area contributed by atoms with Crippen molar-refractivity contribution in [3.05, 3.63) is 70.3 Å². The number of carbonyl (C=O) groups excluding carboxylic acids is 1. The maximum Gasteiger partial charge on any atom is 0.325 e. The summed E-state index contributed by atoms with van der Waals surface area (Å²) < 4.78 is 0. The number of carbonyl (C=O) groups is 1. The Bertz CT molecular complexity index is 959. The summed E-state index contributed by atoms with van der Waals surface area (Å²) in [5.74, 6) is -0.553.